The average Bonchev–Trinajstić information content (AvgIpc) is 3.25. The molecule has 0 aromatic heterocycles. The summed E-state index contributed by atoms with van der Waals surface area (Å²) >= 11 is 18.5. The third-order valence-electron chi connectivity index (χ3n) is 5.83. The maximum Gasteiger partial charge on any atom is 0.243 e. The molecule has 0 bridgehead atoms. The molecule has 2 aromatic carbocycles. The fourth-order valence-electron chi connectivity index (χ4n) is 4.07. The predicted molar refractivity (Wildman–Crippen MR) is 127 cm³/mol. The molecular formula is C24H26Cl3FN2O2. The Morgan fingerprint density at radius 2 is 1.84 bits per heavy atom. The summed E-state index contributed by atoms with van der Waals surface area (Å²) in [7, 11) is 0. The zero-order valence-electron chi connectivity index (χ0n) is 17.8. The first-order valence-electron chi connectivity index (χ1n) is 10.8. The standard InChI is InChI=1S/C24H26Cl3FN2O2/c1-2-22(24(32)29-17-6-3-4-7-17)30(14-15-10-11-16(25)12-20(15)27)23(31)13-18-19(26)8-5-9-21(18)28/h5,8-12,17,22H,2-4,6-7,13-14H2,1H3,(H,29,32)/t22-/m1/s1. The van der Waals surface area contributed by atoms with Gasteiger partial charge in [-0.15, -0.1) is 0 Å². The van der Waals surface area contributed by atoms with Crippen molar-refractivity contribution in [1.29, 1.82) is 0 Å². The zero-order valence-corrected chi connectivity index (χ0v) is 20.1. The SMILES string of the molecule is CC[C@H](C(=O)NC1CCCC1)N(Cc1ccc(Cl)cc1Cl)C(=O)Cc1c(F)cccc1Cl. The molecule has 2 amide bonds. The van der Waals surface area contributed by atoms with E-state index in [1.807, 2.05) is 6.92 Å². The minimum absolute atomic E-state index is 0.0947. The van der Waals surface area contributed by atoms with Gasteiger partial charge in [0.15, 0.2) is 0 Å². The molecule has 172 valence electrons. The van der Waals surface area contributed by atoms with E-state index in [0.717, 1.165) is 25.7 Å². The Bertz CT molecular complexity index is 959. The maximum atomic E-state index is 14.4. The zero-order chi connectivity index (χ0) is 23.3. The molecule has 3 rings (SSSR count). The van der Waals surface area contributed by atoms with Crippen LogP contribution in [0.2, 0.25) is 15.1 Å². The lowest BCUT2D eigenvalue weighted by atomic mass is 10.1. The van der Waals surface area contributed by atoms with Gasteiger partial charge in [-0.1, -0.05) is 66.7 Å². The first-order chi connectivity index (χ1) is 15.3. The molecule has 0 aliphatic heterocycles. The molecule has 2 aromatic rings. The molecule has 1 fully saturated rings. The van der Waals surface area contributed by atoms with E-state index >= 15 is 0 Å². The van der Waals surface area contributed by atoms with E-state index in [2.05, 4.69) is 5.32 Å². The van der Waals surface area contributed by atoms with E-state index in [1.54, 1.807) is 18.2 Å². The lowest BCUT2D eigenvalue weighted by molar-refractivity contribution is -0.141. The monoisotopic (exact) mass is 498 g/mol. The number of amides is 2. The topological polar surface area (TPSA) is 49.4 Å². The number of nitrogens with zero attached hydrogens (tertiary/aromatic N) is 1. The fraction of sp³-hybridized carbons (Fsp3) is 0.417. The Morgan fingerprint density at radius 1 is 1.12 bits per heavy atom. The molecule has 8 heteroatoms. The number of carbonyl (C=O) groups is 2. The van der Waals surface area contributed by atoms with Crippen LogP contribution < -0.4 is 5.32 Å². The van der Waals surface area contributed by atoms with Gasteiger partial charge in [-0.25, -0.2) is 4.39 Å². The molecule has 0 spiro atoms. The summed E-state index contributed by atoms with van der Waals surface area (Å²) in [4.78, 5) is 28.0. The van der Waals surface area contributed by atoms with Crippen molar-refractivity contribution in [3.05, 3.63) is 68.4 Å². The largest absolute Gasteiger partial charge is 0.352 e. The smallest absolute Gasteiger partial charge is 0.243 e. The number of hydrogen-bond donors (Lipinski definition) is 1. The van der Waals surface area contributed by atoms with E-state index in [1.165, 1.54) is 23.1 Å². The minimum Gasteiger partial charge on any atom is -0.352 e. The number of nitrogens with one attached hydrogen (secondary N) is 1. The Morgan fingerprint density at radius 3 is 2.47 bits per heavy atom. The fourth-order valence-corrected chi connectivity index (χ4v) is 4.77. The van der Waals surface area contributed by atoms with Crippen molar-refractivity contribution in [1.82, 2.24) is 10.2 Å². The normalized spacial score (nSPS) is 14.9. The van der Waals surface area contributed by atoms with Crippen molar-refractivity contribution in [2.75, 3.05) is 0 Å². The van der Waals surface area contributed by atoms with Gasteiger partial charge in [-0.2, -0.15) is 0 Å². The van der Waals surface area contributed by atoms with E-state index < -0.39 is 17.8 Å². The summed E-state index contributed by atoms with van der Waals surface area (Å²) < 4.78 is 14.4. The number of rotatable bonds is 8. The average molecular weight is 500 g/mol. The van der Waals surface area contributed by atoms with Crippen LogP contribution in [-0.4, -0.2) is 28.8 Å². The summed E-state index contributed by atoms with van der Waals surface area (Å²) in [6, 6.07) is 8.68. The van der Waals surface area contributed by atoms with E-state index in [9.17, 15) is 14.0 Å². The second-order valence-electron chi connectivity index (χ2n) is 8.05. The van der Waals surface area contributed by atoms with Gasteiger partial charge >= 0.3 is 0 Å². The quantitative estimate of drug-likeness (QED) is 0.470. The van der Waals surface area contributed by atoms with Crippen molar-refractivity contribution >= 4 is 46.6 Å². The van der Waals surface area contributed by atoms with E-state index in [0.29, 0.717) is 22.0 Å². The van der Waals surface area contributed by atoms with Gasteiger partial charge < -0.3 is 10.2 Å². The van der Waals surface area contributed by atoms with Crippen molar-refractivity contribution in [2.45, 2.75) is 64.1 Å². The van der Waals surface area contributed by atoms with Gasteiger partial charge in [-0.3, -0.25) is 9.59 Å². The predicted octanol–water partition coefficient (Wildman–Crippen LogP) is 6.19. The van der Waals surface area contributed by atoms with Gasteiger partial charge in [0.1, 0.15) is 11.9 Å². The van der Waals surface area contributed by atoms with Crippen LogP contribution in [0.3, 0.4) is 0 Å². The first kappa shape index (κ1) is 24.8. The highest BCUT2D eigenvalue weighted by atomic mass is 35.5. The molecule has 0 radical (unpaired) electrons. The Labute approximate surface area is 203 Å². The summed E-state index contributed by atoms with van der Waals surface area (Å²) in [5, 5.41) is 4.11. The van der Waals surface area contributed by atoms with Crippen LogP contribution in [0.5, 0.6) is 0 Å². The summed E-state index contributed by atoms with van der Waals surface area (Å²) in [6.45, 7) is 1.94. The maximum absolute atomic E-state index is 14.4. The van der Waals surface area contributed by atoms with Crippen LogP contribution in [-0.2, 0) is 22.6 Å². The number of halogens is 4. The highest BCUT2D eigenvalue weighted by molar-refractivity contribution is 6.35. The second kappa shape index (κ2) is 11.4. The third-order valence-corrected chi connectivity index (χ3v) is 6.77. The molecule has 1 saturated carbocycles. The van der Waals surface area contributed by atoms with Crippen LogP contribution >= 0.6 is 34.8 Å². The number of carbonyl (C=O) groups excluding carboxylic acids is 2. The number of benzene rings is 2. The van der Waals surface area contributed by atoms with Crippen LogP contribution in [0.4, 0.5) is 4.39 Å². The lowest BCUT2D eigenvalue weighted by Crippen LogP contribution is -2.51. The Balaban J connectivity index is 1.89. The molecule has 1 aliphatic carbocycles. The van der Waals surface area contributed by atoms with Gasteiger partial charge in [0, 0.05) is 33.2 Å². The van der Waals surface area contributed by atoms with Crippen molar-refractivity contribution < 1.29 is 14.0 Å². The summed E-state index contributed by atoms with van der Waals surface area (Å²) in [5.41, 5.74) is 0.758. The minimum atomic E-state index is -0.722. The van der Waals surface area contributed by atoms with E-state index in [-0.39, 0.29) is 35.5 Å². The molecular weight excluding hydrogens is 474 g/mol. The summed E-state index contributed by atoms with van der Waals surface area (Å²) in [6.07, 6.45) is 4.17. The summed E-state index contributed by atoms with van der Waals surface area (Å²) in [5.74, 6) is -1.17. The second-order valence-corrected chi connectivity index (χ2v) is 9.30. The lowest BCUT2D eigenvalue weighted by Gasteiger charge is -2.32. The van der Waals surface area contributed by atoms with Crippen molar-refractivity contribution in [3.8, 4) is 0 Å². The van der Waals surface area contributed by atoms with Crippen LogP contribution in [0, 0.1) is 5.82 Å². The molecule has 32 heavy (non-hydrogen) atoms. The van der Waals surface area contributed by atoms with Crippen LogP contribution in [0.25, 0.3) is 0 Å². The van der Waals surface area contributed by atoms with Crippen molar-refractivity contribution in [3.63, 3.8) is 0 Å². The molecule has 0 saturated heterocycles. The number of hydrogen-bond acceptors (Lipinski definition) is 2. The van der Waals surface area contributed by atoms with Crippen LogP contribution in [0.15, 0.2) is 36.4 Å². The van der Waals surface area contributed by atoms with Gasteiger partial charge in [0.25, 0.3) is 0 Å². The highest BCUT2D eigenvalue weighted by Gasteiger charge is 2.31. The molecule has 0 unspecified atom stereocenters. The van der Waals surface area contributed by atoms with Crippen molar-refractivity contribution in [2.24, 2.45) is 0 Å². The highest BCUT2D eigenvalue weighted by Crippen LogP contribution is 2.26. The first-order valence-corrected chi connectivity index (χ1v) is 11.9. The Hall–Kier alpha value is -1.82. The molecule has 1 N–H and O–H groups in total. The van der Waals surface area contributed by atoms with Crippen LogP contribution in [0.1, 0.15) is 50.2 Å². The van der Waals surface area contributed by atoms with Gasteiger partial charge in [-0.05, 0) is 49.1 Å². The molecule has 1 aliphatic rings. The molecule has 0 heterocycles. The van der Waals surface area contributed by atoms with Gasteiger partial charge in [0.05, 0.1) is 6.42 Å². The third kappa shape index (κ3) is 6.15. The van der Waals surface area contributed by atoms with E-state index in [4.69, 9.17) is 34.8 Å². The van der Waals surface area contributed by atoms with Gasteiger partial charge in [0.2, 0.25) is 11.8 Å². The molecule has 4 nitrogen and oxygen atoms in total. The Kier molecular flexibility index (Phi) is 8.80. The molecule has 1 atom stereocenters.